The van der Waals surface area contributed by atoms with Crippen molar-refractivity contribution in [3.05, 3.63) is 71.0 Å². The Bertz CT molecular complexity index is 740. The van der Waals surface area contributed by atoms with Gasteiger partial charge in [0.15, 0.2) is 0 Å². The van der Waals surface area contributed by atoms with Crippen LogP contribution >= 0.6 is 0 Å². The fourth-order valence-electron chi connectivity index (χ4n) is 2.86. The minimum absolute atomic E-state index is 0.0460. The standard InChI is InChI=1S/C17H20N4/c1-12-6-5-7-13(2)14(12)10-16(20-18)15-11-19-21-9-4-3-8-17(15)21/h3-9,11,16,20H,10,18H2,1-2H3. The molecule has 0 aliphatic rings. The first-order valence-corrected chi connectivity index (χ1v) is 7.14. The topological polar surface area (TPSA) is 55.3 Å². The van der Waals surface area contributed by atoms with E-state index in [9.17, 15) is 0 Å². The van der Waals surface area contributed by atoms with Gasteiger partial charge < -0.3 is 0 Å². The summed E-state index contributed by atoms with van der Waals surface area (Å²) < 4.78 is 1.88. The maximum absolute atomic E-state index is 5.82. The van der Waals surface area contributed by atoms with Gasteiger partial charge in [-0.25, -0.2) is 4.52 Å². The molecular formula is C17H20N4. The predicted octanol–water partition coefficient (Wildman–Crippen LogP) is 2.70. The quantitative estimate of drug-likeness (QED) is 0.570. The van der Waals surface area contributed by atoms with Crippen LogP contribution in [0.2, 0.25) is 0 Å². The number of nitrogens with zero attached hydrogens (tertiary/aromatic N) is 2. The number of hydrogen-bond donors (Lipinski definition) is 2. The van der Waals surface area contributed by atoms with Crippen molar-refractivity contribution in [1.29, 1.82) is 0 Å². The number of hydrogen-bond acceptors (Lipinski definition) is 3. The van der Waals surface area contributed by atoms with Gasteiger partial charge in [-0.1, -0.05) is 24.3 Å². The Morgan fingerprint density at radius 1 is 1.14 bits per heavy atom. The maximum Gasteiger partial charge on any atom is 0.0710 e. The van der Waals surface area contributed by atoms with E-state index in [0.29, 0.717) is 0 Å². The SMILES string of the molecule is Cc1cccc(C)c1CC(NN)c1cnn2ccccc12. The summed E-state index contributed by atoms with van der Waals surface area (Å²) in [7, 11) is 0. The van der Waals surface area contributed by atoms with Gasteiger partial charge in [0.05, 0.1) is 17.8 Å². The Hall–Kier alpha value is -2.17. The van der Waals surface area contributed by atoms with Gasteiger partial charge in [0.25, 0.3) is 0 Å². The Labute approximate surface area is 124 Å². The van der Waals surface area contributed by atoms with Crippen LogP contribution in [0.3, 0.4) is 0 Å². The minimum Gasteiger partial charge on any atom is -0.271 e. The third kappa shape index (κ3) is 2.55. The number of fused-ring (bicyclic) bond motifs is 1. The molecule has 108 valence electrons. The molecule has 2 heterocycles. The number of rotatable bonds is 4. The van der Waals surface area contributed by atoms with Crippen LogP contribution < -0.4 is 11.3 Å². The lowest BCUT2D eigenvalue weighted by atomic mass is 9.94. The minimum atomic E-state index is 0.0460. The summed E-state index contributed by atoms with van der Waals surface area (Å²) in [5, 5.41) is 4.40. The van der Waals surface area contributed by atoms with Crippen LogP contribution in [0.15, 0.2) is 48.8 Å². The van der Waals surface area contributed by atoms with Gasteiger partial charge in [-0.15, -0.1) is 0 Å². The van der Waals surface area contributed by atoms with Gasteiger partial charge in [-0.2, -0.15) is 5.10 Å². The number of aryl methyl sites for hydroxylation is 2. The number of nitrogens with one attached hydrogen (secondary N) is 1. The van der Waals surface area contributed by atoms with Crippen molar-refractivity contribution in [2.75, 3.05) is 0 Å². The molecule has 3 rings (SSSR count). The fourth-order valence-corrected chi connectivity index (χ4v) is 2.86. The largest absolute Gasteiger partial charge is 0.271 e. The molecule has 4 heteroatoms. The Kier molecular flexibility index (Phi) is 3.73. The second kappa shape index (κ2) is 5.68. The summed E-state index contributed by atoms with van der Waals surface area (Å²) in [6, 6.07) is 12.5. The van der Waals surface area contributed by atoms with Gasteiger partial charge in [0.2, 0.25) is 0 Å². The van der Waals surface area contributed by atoms with Crippen LogP contribution in [-0.4, -0.2) is 9.61 Å². The average molecular weight is 280 g/mol. The number of pyridine rings is 1. The van der Waals surface area contributed by atoms with Crippen LogP contribution in [0.1, 0.15) is 28.3 Å². The monoisotopic (exact) mass is 280 g/mol. The number of nitrogens with two attached hydrogens (primary N) is 1. The molecule has 4 nitrogen and oxygen atoms in total. The summed E-state index contributed by atoms with van der Waals surface area (Å²) in [5.41, 5.74) is 9.10. The molecule has 21 heavy (non-hydrogen) atoms. The van der Waals surface area contributed by atoms with Gasteiger partial charge in [-0.3, -0.25) is 11.3 Å². The highest BCUT2D eigenvalue weighted by Crippen LogP contribution is 2.25. The molecule has 0 radical (unpaired) electrons. The molecule has 3 aromatic rings. The van der Waals surface area contributed by atoms with E-state index in [0.717, 1.165) is 17.5 Å². The first-order valence-electron chi connectivity index (χ1n) is 7.14. The Balaban J connectivity index is 1.99. The van der Waals surface area contributed by atoms with E-state index in [4.69, 9.17) is 5.84 Å². The molecule has 1 aromatic carbocycles. The average Bonchev–Trinajstić information content (AvgIpc) is 2.91. The van der Waals surface area contributed by atoms with E-state index in [-0.39, 0.29) is 6.04 Å². The summed E-state index contributed by atoms with van der Waals surface area (Å²) in [5.74, 6) is 5.82. The Morgan fingerprint density at radius 2 is 1.90 bits per heavy atom. The van der Waals surface area contributed by atoms with Crippen molar-refractivity contribution in [3.63, 3.8) is 0 Å². The maximum atomic E-state index is 5.82. The predicted molar refractivity (Wildman–Crippen MR) is 84.9 cm³/mol. The molecule has 0 bridgehead atoms. The van der Waals surface area contributed by atoms with Gasteiger partial charge in [0.1, 0.15) is 0 Å². The zero-order valence-electron chi connectivity index (χ0n) is 12.4. The van der Waals surface area contributed by atoms with Gasteiger partial charge in [-0.05, 0) is 49.1 Å². The number of benzene rings is 1. The van der Waals surface area contributed by atoms with Gasteiger partial charge >= 0.3 is 0 Å². The van der Waals surface area contributed by atoms with E-state index in [1.165, 1.54) is 16.7 Å². The second-order valence-electron chi connectivity index (χ2n) is 5.42. The third-order valence-corrected chi connectivity index (χ3v) is 4.09. The molecular weight excluding hydrogens is 260 g/mol. The van der Waals surface area contributed by atoms with Crippen molar-refractivity contribution in [2.24, 2.45) is 5.84 Å². The van der Waals surface area contributed by atoms with E-state index >= 15 is 0 Å². The Morgan fingerprint density at radius 3 is 2.62 bits per heavy atom. The van der Waals surface area contributed by atoms with Crippen LogP contribution in [0, 0.1) is 13.8 Å². The summed E-state index contributed by atoms with van der Waals surface area (Å²) >= 11 is 0. The van der Waals surface area contributed by atoms with Crippen LogP contribution in [-0.2, 0) is 6.42 Å². The van der Waals surface area contributed by atoms with Crippen LogP contribution in [0.25, 0.3) is 5.52 Å². The molecule has 0 spiro atoms. The summed E-state index contributed by atoms with van der Waals surface area (Å²) in [6.07, 6.45) is 4.70. The van der Waals surface area contributed by atoms with E-state index in [2.05, 4.69) is 48.6 Å². The number of hydrazine groups is 1. The van der Waals surface area contributed by atoms with Crippen molar-refractivity contribution in [2.45, 2.75) is 26.3 Å². The lowest BCUT2D eigenvalue weighted by Gasteiger charge is -2.18. The smallest absolute Gasteiger partial charge is 0.0710 e. The van der Waals surface area contributed by atoms with Gasteiger partial charge in [0, 0.05) is 11.8 Å². The summed E-state index contributed by atoms with van der Waals surface area (Å²) in [4.78, 5) is 0. The van der Waals surface area contributed by atoms with E-state index < -0.39 is 0 Å². The second-order valence-corrected chi connectivity index (χ2v) is 5.42. The molecule has 2 aromatic heterocycles. The third-order valence-electron chi connectivity index (χ3n) is 4.09. The fraction of sp³-hybridized carbons (Fsp3) is 0.235. The normalized spacial score (nSPS) is 12.7. The molecule has 1 unspecified atom stereocenters. The molecule has 0 aliphatic carbocycles. The highest BCUT2D eigenvalue weighted by atomic mass is 15.3. The first-order chi connectivity index (χ1) is 10.2. The van der Waals surface area contributed by atoms with Crippen molar-refractivity contribution in [3.8, 4) is 0 Å². The first kappa shape index (κ1) is 13.8. The van der Waals surface area contributed by atoms with Crippen LogP contribution in [0.4, 0.5) is 0 Å². The van der Waals surface area contributed by atoms with E-state index in [1.807, 2.05) is 29.0 Å². The zero-order chi connectivity index (χ0) is 14.8. The molecule has 1 atom stereocenters. The highest BCUT2D eigenvalue weighted by Gasteiger charge is 2.17. The highest BCUT2D eigenvalue weighted by molar-refractivity contribution is 5.55. The molecule has 0 saturated heterocycles. The lowest BCUT2D eigenvalue weighted by Crippen LogP contribution is -2.29. The molecule has 0 aliphatic heterocycles. The number of aromatic nitrogens is 2. The lowest BCUT2D eigenvalue weighted by molar-refractivity contribution is 0.553. The zero-order valence-corrected chi connectivity index (χ0v) is 12.4. The van der Waals surface area contributed by atoms with Crippen molar-refractivity contribution >= 4 is 5.52 Å². The molecule has 0 saturated carbocycles. The molecule has 3 N–H and O–H groups in total. The molecule has 0 amide bonds. The van der Waals surface area contributed by atoms with Crippen molar-refractivity contribution in [1.82, 2.24) is 15.0 Å². The van der Waals surface area contributed by atoms with Crippen LogP contribution in [0.5, 0.6) is 0 Å². The molecule has 0 fully saturated rings. The van der Waals surface area contributed by atoms with E-state index in [1.54, 1.807) is 0 Å². The summed E-state index contributed by atoms with van der Waals surface area (Å²) in [6.45, 7) is 4.29. The van der Waals surface area contributed by atoms with Crippen molar-refractivity contribution < 1.29 is 0 Å².